The second kappa shape index (κ2) is 7.38. The summed E-state index contributed by atoms with van der Waals surface area (Å²) in [7, 11) is 0. The largest absolute Gasteiger partial charge is 0.350 e. The van der Waals surface area contributed by atoms with Gasteiger partial charge in [-0.2, -0.15) is 5.10 Å². The number of rotatable bonds is 5. The highest BCUT2D eigenvalue weighted by Gasteiger charge is 2.11. The fourth-order valence-electron chi connectivity index (χ4n) is 2.32. The van der Waals surface area contributed by atoms with Gasteiger partial charge in [-0.05, 0) is 42.6 Å². The van der Waals surface area contributed by atoms with Gasteiger partial charge in [0.25, 0.3) is 5.91 Å². The molecule has 3 rings (SSSR count). The Kier molecular flexibility index (Phi) is 5.23. The zero-order chi connectivity index (χ0) is 17.1. The lowest BCUT2D eigenvalue weighted by atomic mass is 10.2. The van der Waals surface area contributed by atoms with E-state index in [1.807, 2.05) is 35.2 Å². The quantitative estimate of drug-likeness (QED) is 0.700. The van der Waals surface area contributed by atoms with Crippen LogP contribution in [-0.4, -0.2) is 22.2 Å². The molecule has 7 heteroatoms. The molecule has 1 N–H and O–H groups in total. The summed E-state index contributed by atoms with van der Waals surface area (Å²) in [6.45, 7) is 3.04. The summed E-state index contributed by atoms with van der Waals surface area (Å²) in [6.07, 6.45) is 0. The van der Waals surface area contributed by atoms with Gasteiger partial charge in [-0.3, -0.25) is 9.48 Å². The van der Waals surface area contributed by atoms with E-state index < -0.39 is 0 Å². The summed E-state index contributed by atoms with van der Waals surface area (Å²) >= 11 is 13.6. The van der Waals surface area contributed by atoms with Crippen LogP contribution >= 0.6 is 34.5 Å². The zero-order valence-corrected chi connectivity index (χ0v) is 15.3. The van der Waals surface area contributed by atoms with Crippen LogP contribution in [0.25, 0.3) is 10.6 Å². The number of hydrogen-bond acceptors (Lipinski definition) is 3. The maximum Gasteiger partial charge on any atom is 0.252 e. The Balaban J connectivity index is 1.62. The van der Waals surface area contributed by atoms with Crippen molar-refractivity contribution >= 4 is 40.4 Å². The van der Waals surface area contributed by atoms with E-state index in [-0.39, 0.29) is 5.91 Å². The van der Waals surface area contributed by atoms with Gasteiger partial charge in [0.2, 0.25) is 0 Å². The Morgan fingerprint density at radius 1 is 1.29 bits per heavy atom. The number of nitrogens with zero attached hydrogens (tertiary/aromatic N) is 2. The van der Waals surface area contributed by atoms with Crippen LogP contribution in [0.5, 0.6) is 0 Å². The molecule has 0 atom stereocenters. The van der Waals surface area contributed by atoms with Gasteiger partial charge in [0.1, 0.15) is 5.69 Å². The van der Waals surface area contributed by atoms with E-state index in [2.05, 4.69) is 10.4 Å². The van der Waals surface area contributed by atoms with Crippen molar-refractivity contribution in [3.63, 3.8) is 0 Å². The first-order chi connectivity index (χ1) is 11.5. The molecule has 0 spiro atoms. The van der Waals surface area contributed by atoms with Gasteiger partial charge >= 0.3 is 0 Å². The van der Waals surface area contributed by atoms with Gasteiger partial charge in [0.05, 0.1) is 22.0 Å². The minimum absolute atomic E-state index is 0.245. The number of aryl methyl sites for hydroxylation is 1. The van der Waals surface area contributed by atoms with Crippen molar-refractivity contribution in [2.75, 3.05) is 6.54 Å². The molecule has 0 bridgehead atoms. The molecule has 4 nitrogen and oxygen atoms in total. The van der Waals surface area contributed by atoms with Crippen LogP contribution in [-0.2, 0) is 6.54 Å². The number of hydrogen-bond donors (Lipinski definition) is 1. The first-order valence-corrected chi connectivity index (χ1v) is 9.00. The van der Waals surface area contributed by atoms with Crippen molar-refractivity contribution in [1.82, 2.24) is 15.1 Å². The predicted octanol–water partition coefficient (Wildman–Crippen LogP) is 4.66. The summed E-state index contributed by atoms with van der Waals surface area (Å²) < 4.78 is 1.88. The monoisotopic (exact) mass is 379 g/mol. The van der Waals surface area contributed by atoms with E-state index in [1.165, 1.54) is 0 Å². The highest BCUT2D eigenvalue weighted by atomic mass is 35.5. The lowest BCUT2D eigenvalue weighted by molar-refractivity contribution is 0.0952. The van der Waals surface area contributed by atoms with Crippen LogP contribution in [0, 0.1) is 6.92 Å². The molecule has 2 aromatic heterocycles. The summed E-state index contributed by atoms with van der Waals surface area (Å²) in [5.41, 5.74) is 2.38. The van der Waals surface area contributed by atoms with Gasteiger partial charge < -0.3 is 5.32 Å². The summed E-state index contributed by atoms with van der Waals surface area (Å²) in [6, 6.07) is 10.9. The molecule has 0 radical (unpaired) electrons. The molecule has 3 aromatic rings. The average molecular weight is 380 g/mol. The molecule has 0 aliphatic rings. The molecule has 0 unspecified atom stereocenters. The number of benzene rings is 1. The summed E-state index contributed by atoms with van der Waals surface area (Å²) in [5.74, 6) is -0.245. The number of halogens is 2. The molecule has 0 aliphatic heterocycles. The number of carbonyl (C=O) groups is 1. The minimum atomic E-state index is -0.245. The first kappa shape index (κ1) is 17.0. The fourth-order valence-corrected chi connectivity index (χ4v) is 3.38. The van der Waals surface area contributed by atoms with E-state index in [9.17, 15) is 4.79 Å². The van der Waals surface area contributed by atoms with Crippen LogP contribution in [0.15, 0.2) is 41.8 Å². The lowest BCUT2D eigenvalue weighted by Crippen LogP contribution is -2.28. The second-order valence-corrected chi connectivity index (χ2v) is 7.04. The summed E-state index contributed by atoms with van der Waals surface area (Å²) in [5, 5.41) is 10.3. The maximum atomic E-state index is 12.2. The van der Waals surface area contributed by atoms with E-state index >= 15 is 0 Å². The van der Waals surface area contributed by atoms with Gasteiger partial charge in [-0.15, -0.1) is 11.3 Å². The van der Waals surface area contributed by atoms with Crippen molar-refractivity contribution in [1.29, 1.82) is 0 Å². The molecular weight excluding hydrogens is 365 g/mol. The Bertz CT molecular complexity index is 859. The van der Waals surface area contributed by atoms with Gasteiger partial charge in [-0.1, -0.05) is 29.3 Å². The predicted molar refractivity (Wildman–Crippen MR) is 99.1 cm³/mol. The molecule has 1 amide bonds. The molecule has 0 saturated carbocycles. The first-order valence-electron chi connectivity index (χ1n) is 7.36. The molecule has 0 saturated heterocycles. The third-order valence-electron chi connectivity index (χ3n) is 3.54. The Hall–Kier alpha value is -1.82. The van der Waals surface area contributed by atoms with Crippen LogP contribution in [0.2, 0.25) is 10.0 Å². The van der Waals surface area contributed by atoms with E-state index in [0.717, 1.165) is 16.3 Å². The van der Waals surface area contributed by atoms with Crippen molar-refractivity contribution in [2.45, 2.75) is 13.5 Å². The topological polar surface area (TPSA) is 46.9 Å². The molecule has 1 aromatic carbocycles. The second-order valence-electron chi connectivity index (χ2n) is 5.25. The van der Waals surface area contributed by atoms with Gasteiger partial charge in [0, 0.05) is 17.3 Å². The number of nitrogens with one attached hydrogen (secondary N) is 1. The number of carbonyl (C=O) groups excluding carboxylic acids is 1. The Morgan fingerprint density at radius 3 is 2.88 bits per heavy atom. The van der Waals surface area contributed by atoms with Gasteiger partial charge in [0.15, 0.2) is 0 Å². The third kappa shape index (κ3) is 3.80. The number of aromatic nitrogens is 2. The normalized spacial score (nSPS) is 10.8. The molecular formula is C17H15Cl2N3OS. The SMILES string of the molecule is Cc1cc(-c2cccs2)nn1CCNC(=O)c1cc(Cl)ccc1Cl. The molecule has 124 valence electrons. The highest BCUT2D eigenvalue weighted by Crippen LogP contribution is 2.24. The summed E-state index contributed by atoms with van der Waals surface area (Å²) in [4.78, 5) is 13.3. The van der Waals surface area contributed by atoms with E-state index in [4.69, 9.17) is 23.2 Å². The average Bonchev–Trinajstić information content (AvgIpc) is 3.20. The van der Waals surface area contributed by atoms with E-state index in [1.54, 1.807) is 29.5 Å². The van der Waals surface area contributed by atoms with Gasteiger partial charge in [-0.25, -0.2) is 0 Å². The Morgan fingerprint density at radius 2 is 2.12 bits per heavy atom. The smallest absolute Gasteiger partial charge is 0.252 e. The van der Waals surface area contributed by atoms with Crippen molar-refractivity contribution < 1.29 is 4.79 Å². The lowest BCUT2D eigenvalue weighted by Gasteiger charge is -2.08. The molecule has 0 aliphatic carbocycles. The van der Waals surface area contributed by atoms with Crippen molar-refractivity contribution in [3.8, 4) is 10.6 Å². The number of amides is 1. The zero-order valence-electron chi connectivity index (χ0n) is 12.9. The fraction of sp³-hybridized carbons (Fsp3) is 0.176. The Labute approximate surface area is 154 Å². The molecule has 0 fully saturated rings. The minimum Gasteiger partial charge on any atom is -0.350 e. The number of thiophene rings is 1. The van der Waals surface area contributed by atoms with Crippen LogP contribution in [0.1, 0.15) is 16.1 Å². The third-order valence-corrected chi connectivity index (χ3v) is 4.99. The van der Waals surface area contributed by atoms with E-state index in [0.29, 0.717) is 28.7 Å². The maximum absolute atomic E-state index is 12.2. The molecule has 2 heterocycles. The van der Waals surface area contributed by atoms with Crippen LogP contribution < -0.4 is 5.32 Å². The van der Waals surface area contributed by atoms with Crippen LogP contribution in [0.4, 0.5) is 0 Å². The van der Waals surface area contributed by atoms with Crippen molar-refractivity contribution in [2.24, 2.45) is 0 Å². The molecule has 24 heavy (non-hydrogen) atoms. The van der Waals surface area contributed by atoms with Crippen LogP contribution in [0.3, 0.4) is 0 Å². The van der Waals surface area contributed by atoms with Crippen molar-refractivity contribution in [3.05, 3.63) is 63.1 Å². The standard InChI is InChI=1S/C17H15Cl2N3OS/c1-11-9-15(16-3-2-8-24-16)21-22(11)7-6-20-17(23)13-10-12(18)4-5-14(13)19/h2-5,8-10H,6-7H2,1H3,(H,20,23). The highest BCUT2D eigenvalue weighted by molar-refractivity contribution is 7.13.